The van der Waals surface area contributed by atoms with E-state index < -0.39 is 5.82 Å². The van der Waals surface area contributed by atoms with Crippen molar-refractivity contribution in [2.24, 2.45) is 0 Å². The number of ether oxygens (including phenoxy) is 1. The van der Waals surface area contributed by atoms with E-state index in [9.17, 15) is 9.18 Å². The van der Waals surface area contributed by atoms with Crippen LogP contribution < -0.4 is 15.4 Å². The number of halogens is 1. The van der Waals surface area contributed by atoms with Crippen molar-refractivity contribution in [1.29, 1.82) is 0 Å². The van der Waals surface area contributed by atoms with Gasteiger partial charge in [0.1, 0.15) is 11.6 Å². The van der Waals surface area contributed by atoms with Crippen molar-refractivity contribution in [2.45, 2.75) is 6.92 Å². The lowest BCUT2D eigenvalue weighted by molar-refractivity contribution is 0.0984. The molecule has 0 bridgehead atoms. The number of nitrogen functional groups attached to an aromatic ring is 1. The molecule has 0 fully saturated rings. The topological polar surface area (TPSA) is 55.6 Å². The first-order valence-corrected chi connectivity index (χ1v) is 6.58. The zero-order valence-electron chi connectivity index (χ0n) is 12.0. The van der Waals surface area contributed by atoms with Gasteiger partial charge in [0, 0.05) is 12.2 Å². The number of rotatable bonds is 4. The number of methoxy groups -OCH3 is 1. The fourth-order valence-corrected chi connectivity index (χ4v) is 2.13. The van der Waals surface area contributed by atoms with E-state index >= 15 is 0 Å². The fraction of sp³-hybridized carbons (Fsp3) is 0.188. The SMILES string of the molecule is CCN(C(=O)c1cc(N)ccc1OC)c1ccccc1F. The van der Waals surface area contributed by atoms with Gasteiger partial charge in [-0.25, -0.2) is 4.39 Å². The first-order valence-electron chi connectivity index (χ1n) is 6.58. The predicted octanol–water partition coefficient (Wildman–Crippen LogP) is 3.08. The van der Waals surface area contributed by atoms with Crippen molar-refractivity contribution in [1.82, 2.24) is 0 Å². The standard InChI is InChI=1S/C16H17FN2O2/c1-3-19(14-7-5-4-6-13(14)17)16(20)12-10-11(18)8-9-15(12)21-2/h4-10H,3,18H2,1-2H3. The number of amides is 1. The van der Waals surface area contributed by atoms with Crippen LogP contribution in [0.15, 0.2) is 42.5 Å². The van der Waals surface area contributed by atoms with Crippen molar-refractivity contribution < 1.29 is 13.9 Å². The van der Waals surface area contributed by atoms with Crippen LogP contribution in [0.2, 0.25) is 0 Å². The van der Waals surface area contributed by atoms with Crippen molar-refractivity contribution in [2.75, 3.05) is 24.3 Å². The molecule has 0 aromatic heterocycles. The highest BCUT2D eigenvalue weighted by Gasteiger charge is 2.22. The monoisotopic (exact) mass is 288 g/mol. The summed E-state index contributed by atoms with van der Waals surface area (Å²) in [5.41, 5.74) is 6.72. The number of nitrogens with zero attached hydrogens (tertiary/aromatic N) is 1. The van der Waals surface area contributed by atoms with Crippen LogP contribution in [0.25, 0.3) is 0 Å². The number of carbonyl (C=O) groups is 1. The molecule has 0 atom stereocenters. The minimum Gasteiger partial charge on any atom is -0.496 e. The first-order chi connectivity index (χ1) is 10.1. The highest BCUT2D eigenvalue weighted by atomic mass is 19.1. The highest BCUT2D eigenvalue weighted by Crippen LogP contribution is 2.26. The second-order valence-corrected chi connectivity index (χ2v) is 4.46. The summed E-state index contributed by atoms with van der Waals surface area (Å²) in [5.74, 6) is -0.397. The van der Waals surface area contributed by atoms with Crippen molar-refractivity contribution in [3.63, 3.8) is 0 Å². The Morgan fingerprint density at radius 3 is 2.62 bits per heavy atom. The molecule has 5 heteroatoms. The van der Waals surface area contributed by atoms with E-state index in [1.54, 1.807) is 37.3 Å². The van der Waals surface area contributed by atoms with Crippen molar-refractivity contribution in [3.8, 4) is 5.75 Å². The minimum absolute atomic E-state index is 0.231. The van der Waals surface area contributed by atoms with Gasteiger partial charge in [-0.1, -0.05) is 12.1 Å². The van der Waals surface area contributed by atoms with E-state index in [2.05, 4.69) is 0 Å². The summed E-state index contributed by atoms with van der Waals surface area (Å²) in [5, 5.41) is 0. The van der Waals surface area contributed by atoms with Crippen molar-refractivity contribution in [3.05, 3.63) is 53.8 Å². The van der Waals surface area contributed by atoms with E-state index in [0.717, 1.165) is 0 Å². The Morgan fingerprint density at radius 2 is 2.00 bits per heavy atom. The van der Waals surface area contributed by atoms with Crippen LogP contribution in [-0.4, -0.2) is 19.6 Å². The molecule has 1 amide bonds. The third-order valence-electron chi connectivity index (χ3n) is 3.16. The molecule has 0 aliphatic rings. The maximum absolute atomic E-state index is 13.9. The Hall–Kier alpha value is -2.56. The second kappa shape index (κ2) is 6.26. The molecule has 2 aromatic carbocycles. The zero-order chi connectivity index (χ0) is 15.4. The molecule has 0 aliphatic heterocycles. The summed E-state index contributed by atoms with van der Waals surface area (Å²) in [6.07, 6.45) is 0. The Labute approximate surface area is 122 Å². The van der Waals surface area contributed by atoms with Crippen LogP contribution in [0, 0.1) is 5.82 Å². The third kappa shape index (κ3) is 2.97. The van der Waals surface area contributed by atoms with Crippen LogP contribution in [0.5, 0.6) is 5.75 Å². The van der Waals surface area contributed by atoms with Crippen LogP contribution in [0.1, 0.15) is 17.3 Å². The number of nitrogens with two attached hydrogens (primary N) is 1. The Bertz CT molecular complexity index is 658. The van der Waals surface area contributed by atoms with Gasteiger partial charge < -0.3 is 15.4 Å². The molecule has 0 saturated heterocycles. The summed E-state index contributed by atoms with van der Waals surface area (Å²) in [4.78, 5) is 14.0. The van der Waals surface area contributed by atoms with Gasteiger partial charge in [-0.15, -0.1) is 0 Å². The fourth-order valence-electron chi connectivity index (χ4n) is 2.13. The summed E-state index contributed by atoms with van der Waals surface area (Å²) in [7, 11) is 1.47. The van der Waals surface area contributed by atoms with Crippen molar-refractivity contribution >= 4 is 17.3 Å². The van der Waals surface area contributed by atoms with Crippen LogP contribution in [0.4, 0.5) is 15.8 Å². The second-order valence-electron chi connectivity index (χ2n) is 4.46. The van der Waals surface area contributed by atoms with Crippen LogP contribution >= 0.6 is 0 Å². The molecule has 0 aliphatic carbocycles. The maximum atomic E-state index is 13.9. The number of benzene rings is 2. The molecular weight excluding hydrogens is 271 g/mol. The van der Waals surface area contributed by atoms with Gasteiger partial charge in [-0.2, -0.15) is 0 Å². The van der Waals surface area contributed by atoms with E-state index in [1.807, 2.05) is 0 Å². The molecule has 2 N–H and O–H groups in total. The molecule has 4 nitrogen and oxygen atoms in total. The molecule has 110 valence electrons. The minimum atomic E-state index is -0.449. The van der Waals surface area contributed by atoms with Gasteiger partial charge in [0.15, 0.2) is 0 Å². The maximum Gasteiger partial charge on any atom is 0.262 e. The lowest BCUT2D eigenvalue weighted by Gasteiger charge is -2.22. The molecule has 2 rings (SSSR count). The van der Waals surface area contributed by atoms with Crippen LogP contribution in [-0.2, 0) is 0 Å². The quantitative estimate of drug-likeness (QED) is 0.880. The molecule has 0 spiro atoms. The van der Waals surface area contributed by atoms with E-state index in [4.69, 9.17) is 10.5 Å². The van der Waals surface area contributed by atoms with E-state index in [0.29, 0.717) is 23.5 Å². The predicted molar refractivity (Wildman–Crippen MR) is 81.2 cm³/mol. The lowest BCUT2D eigenvalue weighted by Crippen LogP contribution is -2.31. The Morgan fingerprint density at radius 1 is 1.29 bits per heavy atom. The Balaban J connectivity index is 2.46. The number of para-hydroxylation sites is 1. The molecule has 0 radical (unpaired) electrons. The van der Waals surface area contributed by atoms with Gasteiger partial charge in [-0.05, 0) is 37.3 Å². The molecular formula is C16H17FN2O2. The molecule has 2 aromatic rings. The lowest BCUT2D eigenvalue weighted by atomic mass is 10.1. The molecule has 0 saturated carbocycles. The number of anilines is 2. The normalized spacial score (nSPS) is 10.2. The van der Waals surface area contributed by atoms with Gasteiger partial charge in [0.2, 0.25) is 0 Å². The van der Waals surface area contributed by atoms with Gasteiger partial charge >= 0.3 is 0 Å². The van der Waals surface area contributed by atoms with Gasteiger partial charge in [0.05, 0.1) is 18.4 Å². The Kier molecular flexibility index (Phi) is 4.42. The highest BCUT2D eigenvalue weighted by molar-refractivity contribution is 6.08. The van der Waals surface area contributed by atoms with E-state index in [1.165, 1.54) is 24.1 Å². The van der Waals surface area contributed by atoms with Gasteiger partial charge in [-0.3, -0.25) is 4.79 Å². The summed E-state index contributed by atoms with van der Waals surface area (Å²) in [6, 6.07) is 11.0. The zero-order valence-corrected chi connectivity index (χ0v) is 12.0. The summed E-state index contributed by atoms with van der Waals surface area (Å²) in [6.45, 7) is 2.11. The average Bonchev–Trinajstić information content (AvgIpc) is 2.49. The molecule has 21 heavy (non-hydrogen) atoms. The number of carbonyl (C=O) groups excluding carboxylic acids is 1. The average molecular weight is 288 g/mol. The largest absolute Gasteiger partial charge is 0.496 e. The number of hydrogen-bond donors (Lipinski definition) is 1. The van der Waals surface area contributed by atoms with E-state index in [-0.39, 0.29) is 11.6 Å². The van der Waals surface area contributed by atoms with Crippen LogP contribution in [0.3, 0.4) is 0 Å². The molecule has 0 unspecified atom stereocenters. The number of hydrogen-bond acceptors (Lipinski definition) is 3. The van der Waals surface area contributed by atoms with Gasteiger partial charge in [0.25, 0.3) is 5.91 Å². The molecule has 0 heterocycles. The summed E-state index contributed by atoms with van der Waals surface area (Å²) >= 11 is 0. The first kappa shape index (κ1) is 14.8. The smallest absolute Gasteiger partial charge is 0.262 e. The third-order valence-corrected chi connectivity index (χ3v) is 3.16. The summed E-state index contributed by atoms with van der Waals surface area (Å²) < 4.78 is 19.1.